The quantitative estimate of drug-likeness (QED) is 0.897. The van der Waals surface area contributed by atoms with Crippen LogP contribution in [0.25, 0.3) is 0 Å². The van der Waals surface area contributed by atoms with Gasteiger partial charge in [0.2, 0.25) is 0 Å². The third-order valence-electron chi connectivity index (χ3n) is 3.37. The molecule has 19 heavy (non-hydrogen) atoms. The van der Waals surface area contributed by atoms with Gasteiger partial charge < -0.3 is 10.1 Å². The van der Waals surface area contributed by atoms with E-state index >= 15 is 0 Å². The molecule has 1 N–H and O–H groups in total. The second kappa shape index (κ2) is 5.57. The topological polar surface area (TPSA) is 21.3 Å². The van der Waals surface area contributed by atoms with Gasteiger partial charge in [-0.1, -0.05) is 24.3 Å². The fourth-order valence-corrected chi connectivity index (χ4v) is 3.53. The van der Waals surface area contributed by atoms with E-state index < -0.39 is 0 Å². The first-order valence-corrected chi connectivity index (χ1v) is 7.48. The molecule has 0 radical (unpaired) electrons. The predicted octanol–water partition coefficient (Wildman–Crippen LogP) is 4.34. The molecule has 0 fully saturated rings. The van der Waals surface area contributed by atoms with E-state index in [0.29, 0.717) is 6.04 Å². The summed E-state index contributed by atoms with van der Waals surface area (Å²) in [5, 5.41) is 3.62. The van der Waals surface area contributed by atoms with Crippen LogP contribution in [0.1, 0.15) is 18.0 Å². The van der Waals surface area contributed by atoms with Gasteiger partial charge in [0, 0.05) is 22.4 Å². The average Bonchev–Trinajstić information content (AvgIpc) is 2.48. The van der Waals surface area contributed by atoms with Crippen LogP contribution < -0.4 is 10.1 Å². The fourth-order valence-electron chi connectivity index (χ4n) is 2.41. The van der Waals surface area contributed by atoms with Crippen molar-refractivity contribution in [2.24, 2.45) is 0 Å². The minimum absolute atomic E-state index is 0.393. The van der Waals surface area contributed by atoms with Gasteiger partial charge in [-0.05, 0) is 30.2 Å². The van der Waals surface area contributed by atoms with Gasteiger partial charge in [0.25, 0.3) is 0 Å². The number of ether oxygens (including phenoxy) is 1. The van der Waals surface area contributed by atoms with Gasteiger partial charge in [-0.2, -0.15) is 0 Å². The smallest absolute Gasteiger partial charge is 0.120 e. The molecule has 0 spiro atoms. The molecule has 0 saturated heterocycles. The standard InChI is InChI=1S/C16H17NOS/c1-18-13-6-4-5-12(11-13)17-15-9-10-19-16-8-3-2-7-14(15)16/h2-8,11,15,17H,9-10H2,1H3. The zero-order chi connectivity index (χ0) is 13.1. The Kier molecular flexibility index (Phi) is 3.65. The van der Waals surface area contributed by atoms with Crippen molar-refractivity contribution in [2.45, 2.75) is 17.4 Å². The lowest BCUT2D eigenvalue weighted by Crippen LogP contribution is -2.15. The van der Waals surface area contributed by atoms with Gasteiger partial charge in [-0.15, -0.1) is 11.8 Å². The molecule has 0 saturated carbocycles. The van der Waals surface area contributed by atoms with Crippen molar-refractivity contribution in [3.63, 3.8) is 0 Å². The molecule has 3 rings (SSSR count). The van der Waals surface area contributed by atoms with Crippen molar-refractivity contribution < 1.29 is 4.74 Å². The third kappa shape index (κ3) is 2.71. The third-order valence-corrected chi connectivity index (χ3v) is 4.49. The molecule has 98 valence electrons. The lowest BCUT2D eigenvalue weighted by Gasteiger charge is -2.26. The van der Waals surface area contributed by atoms with Crippen molar-refractivity contribution in [1.82, 2.24) is 0 Å². The molecular weight excluding hydrogens is 254 g/mol. The highest BCUT2D eigenvalue weighted by Gasteiger charge is 2.19. The Morgan fingerprint density at radius 1 is 1.16 bits per heavy atom. The number of hydrogen-bond donors (Lipinski definition) is 1. The molecule has 2 aromatic rings. The van der Waals surface area contributed by atoms with E-state index in [9.17, 15) is 0 Å². The van der Waals surface area contributed by atoms with Crippen molar-refractivity contribution in [3.05, 3.63) is 54.1 Å². The van der Waals surface area contributed by atoms with Crippen LogP contribution in [0.4, 0.5) is 5.69 Å². The van der Waals surface area contributed by atoms with E-state index in [0.717, 1.165) is 17.9 Å². The minimum Gasteiger partial charge on any atom is -0.497 e. The maximum absolute atomic E-state index is 5.27. The predicted molar refractivity (Wildman–Crippen MR) is 81.1 cm³/mol. The highest BCUT2D eigenvalue weighted by Crippen LogP contribution is 2.37. The lowest BCUT2D eigenvalue weighted by molar-refractivity contribution is 0.415. The molecule has 3 heteroatoms. The van der Waals surface area contributed by atoms with Crippen LogP contribution in [0.5, 0.6) is 5.75 Å². The summed E-state index contributed by atoms with van der Waals surface area (Å²) in [4.78, 5) is 1.40. The number of fused-ring (bicyclic) bond motifs is 1. The van der Waals surface area contributed by atoms with E-state index in [1.54, 1.807) is 7.11 Å². The first-order valence-electron chi connectivity index (χ1n) is 6.49. The molecule has 1 aliphatic heterocycles. The summed E-state index contributed by atoms with van der Waals surface area (Å²) in [7, 11) is 1.70. The second-order valence-electron chi connectivity index (χ2n) is 4.60. The molecule has 2 aromatic carbocycles. The Hall–Kier alpha value is -1.61. The SMILES string of the molecule is COc1cccc(NC2CCSc3ccccc32)c1. The average molecular weight is 271 g/mol. The lowest BCUT2D eigenvalue weighted by atomic mass is 10.0. The van der Waals surface area contributed by atoms with Crippen LogP contribution in [0, 0.1) is 0 Å². The maximum Gasteiger partial charge on any atom is 0.120 e. The second-order valence-corrected chi connectivity index (χ2v) is 5.74. The molecule has 0 amide bonds. The Balaban J connectivity index is 1.84. The van der Waals surface area contributed by atoms with Crippen LogP contribution in [0.2, 0.25) is 0 Å². The molecule has 1 aliphatic rings. The Morgan fingerprint density at radius 3 is 2.95 bits per heavy atom. The highest BCUT2D eigenvalue weighted by molar-refractivity contribution is 7.99. The number of anilines is 1. The number of nitrogens with one attached hydrogen (secondary N) is 1. The summed E-state index contributed by atoms with van der Waals surface area (Å²) in [5.74, 6) is 2.06. The van der Waals surface area contributed by atoms with Crippen LogP contribution in [0.15, 0.2) is 53.4 Å². The van der Waals surface area contributed by atoms with Crippen molar-refractivity contribution in [1.29, 1.82) is 0 Å². The summed E-state index contributed by atoms with van der Waals surface area (Å²) in [6, 6.07) is 17.2. The van der Waals surface area contributed by atoms with E-state index in [2.05, 4.69) is 35.6 Å². The Morgan fingerprint density at radius 2 is 2.05 bits per heavy atom. The fraction of sp³-hybridized carbons (Fsp3) is 0.250. The molecule has 0 aliphatic carbocycles. The number of methoxy groups -OCH3 is 1. The van der Waals surface area contributed by atoms with Gasteiger partial charge in [0.1, 0.15) is 5.75 Å². The van der Waals surface area contributed by atoms with Crippen molar-refractivity contribution in [3.8, 4) is 5.75 Å². The molecule has 0 aromatic heterocycles. The zero-order valence-corrected chi connectivity index (χ0v) is 11.7. The molecule has 1 unspecified atom stereocenters. The zero-order valence-electron chi connectivity index (χ0n) is 10.9. The number of rotatable bonds is 3. The highest BCUT2D eigenvalue weighted by atomic mass is 32.2. The molecule has 1 atom stereocenters. The van der Waals surface area contributed by atoms with Crippen molar-refractivity contribution >= 4 is 17.4 Å². The first kappa shape index (κ1) is 12.4. The number of benzene rings is 2. The van der Waals surface area contributed by atoms with E-state index in [1.165, 1.54) is 16.2 Å². The first-order chi connectivity index (χ1) is 9.36. The molecular formula is C16H17NOS. The van der Waals surface area contributed by atoms with E-state index in [1.807, 2.05) is 30.0 Å². The molecule has 1 heterocycles. The van der Waals surface area contributed by atoms with Crippen LogP contribution in [0.3, 0.4) is 0 Å². The van der Waals surface area contributed by atoms with Crippen LogP contribution >= 0.6 is 11.8 Å². The van der Waals surface area contributed by atoms with Crippen LogP contribution in [-0.4, -0.2) is 12.9 Å². The van der Waals surface area contributed by atoms with Crippen LogP contribution in [-0.2, 0) is 0 Å². The van der Waals surface area contributed by atoms with Gasteiger partial charge in [-0.25, -0.2) is 0 Å². The van der Waals surface area contributed by atoms with Gasteiger partial charge in [0.05, 0.1) is 13.2 Å². The monoisotopic (exact) mass is 271 g/mol. The molecule has 2 nitrogen and oxygen atoms in total. The summed E-state index contributed by atoms with van der Waals surface area (Å²) >= 11 is 1.95. The van der Waals surface area contributed by atoms with Gasteiger partial charge in [0.15, 0.2) is 0 Å². The summed E-state index contributed by atoms with van der Waals surface area (Å²) in [6.45, 7) is 0. The minimum atomic E-state index is 0.393. The summed E-state index contributed by atoms with van der Waals surface area (Å²) < 4.78 is 5.27. The van der Waals surface area contributed by atoms with E-state index in [-0.39, 0.29) is 0 Å². The largest absolute Gasteiger partial charge is 0.497 e. The maximum atomic E-state index is 5.27. The Labute approximate surface area is 118 Å². The van der Waals surface area contributed by atoms with Gasteiger partial charge >= 0.3 is 0 Å². The summed E-state index contributed by atoms with van der Waals surface area (Å²) in [5.41, 5.74) is 2.52. The van der Waals surface area contributed by atoms with E-state index in [4.69, 9.17) is 4.74 Å². The van der Waals surface area contributed by atoms with Gasteiger partial charge in [-0.3, -0.25) is 0 Å². The van der Waals surface area contributed by atoms with Crippen molar-refractivity contribution in [2.75, 3.05) is 18.2 Å². The number of thioether (sulfide) groups is 1. The number of hydrogen-bond acceptors (Lipinski definition) is 3. The normalized spacial score (nSPS) is 17.6. The Bertz CT molecular complexity index is 570. The summed E-state index contributed by atoms with van der Waals surface area (Å²) in [6.07, 6.45) is 1.15. The molecule has 0 bridgehead atoms.